The number of benzene rings is 1. The van der Waals surface area contributed by atoms with E-state index in [1.54, 1.807) is 24.3 Å². The van der Waals surface area contributed by atoms with E-state index in [0.29, 0.717) is 17.8 Å². The normalized spacial score (nSPS) is 12.1. The number of carbonyl (C=O) groups excluding carboxylic acids is 2. The Morgan fingerprint density at radius 3 is 2.00 bits per heavy atom. The predicted octanol–water partition coefficient (Wildman–Crippen LogP) is 1.96. The number of nitrogens with one attached hydrogen (secondary N) is 2. The molecule has 19 heavy (non-hydrogen) atoms. The van der Waals surface area contributed by atoms with E-state index in [2.05, 4.69) is 10.6 Å². The van der Waals surface area contributed by atoms with E-state index >= 15 is 0 Å². The van der Waals surface area contributed by atoms with Gasteiger partial charge in [-0.1, -0.05) is 13.8 Å². The largest absolute Gasteiger partial charge is 0.327 e. The third kappa shape index (κ3) is 5.52. The first-order valence-electron chi connectivity index (χ1n) is 6.31. The first kappa shape index (κ1) is 15.2. The second-order valence-corrected chi connectivity index (χ2v) is 4.92. The molecule has 104 valence electrons. The summed E-state index contributed by atoms with van der Waals surface area (Å²) in [5.41, 5.74) is 7.23. The van der Waals surface area contributed by atoms with Crippen LogP contribution in [0.4, 0.5) is 11.4 Å². The van der Waals surface area contributed by atoms with Gasteiger partial charge in [0.1, 0.15) is 0 Å². The lowest BCUT2D eigenvalue weighted by Gasteiger charge is -2.15. The highest BCUT2D eigenvalue weighted by atomic mass is 16.2. The number of carbonyl (C=O) groups is 2. The Labute approximate surface area is 113 Å². The number of anilines is 2. The molecule has 0 bridgehead atoms. The van der Waals surface area contributed by atoms with Gasteiger partial charge in [-0.25, -0.2) is 0 Å². The minimum atomic E-state index is -0.140. The van der Waals surface area contributed by atoms with Gasteiger partial charge in [0.2, 0.25) is 11.8 Å². The highest BCUT2D eigenvalue weighted by Gasteiger charge is 2.12. The summed E-state index contributed by atoms with van der Waals surface area (Å²) >= 11 is 0. The molecule has 0 saturated heterocycles. The average Bonchev–Trinajstić information content (AvgIpc) is 2.30. The van der Waals surface area contributed by atoms with Gasteiger partial charge in [-0.05, 0) is 30.2 Å². The lowest BCUT2D eigenvalue weighted by molar-refractivity contribution is -0.117. The molecule has 0 radical (unpaired) electrons. The van der Waals surface area contributed by atoms with Gasteiger partial charge >= 0.3 is 0 Å². The van der Waals surface area contributed by atoms with Crippen LogP contribution in [0.1, 0.15) is 27.2 Å². The van der Waals surface area contributed by atoms with Gasteiger partial charge in [-0.3, -0.25) is 9.59 Å². The topological polar surface area (TPSA) is 84.2 Å². The monoisotopic (exact) mass is 263 g/mol. The molecular weight excluding hydrogens is 242 g/mol. The van der Waals surface area contributed by atoms with Gasteiger partial charge in [0.05, 0.1) is 0 Å². The zero-order chi connectivity index (χ0) is 14.4. The van der Waals surface area contributed by atoms with Crippen LogP contribution in [0.5, 0.6) is 0 Å². The molecule has 1 aromatic carbocycles. The first-order valence-corrected chi connectivity index (χ1v) is 6.31. The van der Waals surface area contributed by atoms with Crippen molar-refractivity contribution in [1.29, 1.82) is 0 Å². The Kier molecular flexibility index (Phi) is 5.51. The van der Waals surface area contributed by atoms with Crippen LogP contribution in [-0.2, 0) is 9.59 Å². The molecule has 0 heterocycles. The van der Waals surface area contributed by atoms with Crippen molar-refractivity contribution in [3.8, 4) is 0 Å². The van der Waals surface area contributed by atoms with Gasteiger partial charge in [0, 0.05) is 30.8 Å². The van der Waals surface area contributed by atoms with Crippen molar-refractivity contribution in [2.24, 2.45) is 11.7 Å². The number of hydrogen-bond acceptors (Lipinski definition) is 3. The van der Waals surface area contributed by atoms with Crippen molar-refractivity contribution in [2.45, 2.75) is 33.2 Å². The molecule has 0 aromatic heterocycles. The van der Waals surface area contributed by atoms with Crippen molar-refractivity contribution >= 4 is 23.2 Å². The lowest BCUT2D eigenvalue weighted by atomic mass is 10.0. The summed E-state index contributed by atoms with van der Waals surface area (Å²) in [5, 5.41) is 5.44. The average molecular weight is 263 g/mol. The van der Waals surface area contributed by atoms with E-state index in [1.165, 1.54) is 6.92 Å². The van der Waals surface area contributed by atoms with Crippen LogP contribution < -0.4 is 16.4 Å². The minimum absolute atomic E-state index is 0.103. The van der Waals surface area contributed by atoms with Crippen LogP contribution in [-0.4, -0.2) is 17.9 Å². The summed E-state index contributed by atoms with van der Waals surface area (Å²) in [7, 11) is 0. The Morgan fingerprint density at radius 2 is 1.58 bits per heavy atom. The van der Waals surface area contributed by atoms with Gasteiger partial charge in [0.15, 0.2) is 0 Å². The van der Waals surface area contributed by atoms with Gasteiger partial charge in [-0.2, -0.15) is 0 Å². The zero-order valence-corrected chi connectivity index (χ0v) is 11.6. The molecule has 2 amide bonds. The molecule has 1 rings (SSSR count). The van der Waals surface area contributed by atoms with Gasteiger partial charge < -0.3 is 16.4 Å². The van der Waals surface area contributed by atoms with Gasteiger partial charge in [0.25, 0.3) is 0 Å². The van der Waals surface area contributed by atoms with Crippen molar-refractivity contribution in [2.75, 3.05) is 10.6 Å². The molecule has 0 spiro atoms. The molecule has 1 aromatic rings. The summed E-state index contributed by atoms with van der Waals surface area (Å²) in [4.78, 5) is 22.6. The minimum Gasteiger partial charge on any atom is -0.327 e. The molecule has 4 N–H and O–H groups in total. The van der Waals surface area contributed by atoms with Crippen LogP contribution >= 0.6 is 0 Å². The highest BCUT2D eigenvalue weighted by Crippen LogP contribution is 2.14. The molecule has 1 unspecified atom stereocenters. The molecule has 1 atom stereocenters. The van der Waals surface area contributed by atoms with Crippen LogP contribution in [0.15, 0.2) is 24.3 Å². The summed E-state index contributed by atoms with van der Waals surface area (Å²) in [6, 6.07) is 6.81. The maximum Gasteiger partial charge on any atom is 0.225 e. The third-order valence-corrected chi connectivity index (χ3v) is 2.77. The standard InChI is InChI=1S/C14H21N3O2/c1-9(2)13(15)8-14(19)17-12-6-4-11(5-7-12)16-10(3)18/h4-7,9,13H,8,15H2,1-3H3,(H,16,18)(H,17,19). The molecule has 0 aliphatic heterocycles. The van der Waals surface area contributed by atoms with E-state index in [-0.39, 0.29) is 23.8 Å². The zero-order valence-electron chi connectivity index (χ0n) is 11.6. The molecule has 5 nitrogen and oxygen atoms in total. The number of nitrogens with two attached hydrogens (primary N) is 1. The van der Waals surface area contributed by atoms with Crippen LogP contribution in [0, 0.1) is 5.92 Å². The molecular formula is C14H21N3O2. The summed E-state index contributed by atoms with van der Waals surface area (Å²) in [6.45, 7) is 5.42. The quantitative estimate of drug-likeness (QED) is 0.759. The van der Waals surface area contributed by atoms with Crippen molar-refractivity contribution in [3.05, 3.63) is 24.3 Å². The molecule has 0 aliphatic carbocycles. The molecule has 5 heteroatoms. The predicted molar refractivity (Wildman–Crippen MR) is 76.8 cm³/mol. The molecule has 0 aliphatic rings. The van der Waals surface area contributed by atoms with E-state index in [1.807, 2.05) is 13.8 Å². The van der Waals surface area contributed by atoms with E-state index in [0.717, 1.165) is 0 Å². The second-order valence-electron chi connectivity index (χ2n) is 4.92. The van der Waals surface area contributed by atoms with Gasteiger partial charge in [-0.15, -0.1) is 0 Å². The Balaban J connectivity index is 2.53. The number of hydrogen-bond donors (Lipinski definition) is 3. The Bertz CT molecular complexity index is 441. The SMILES string of the molecule is CC(=O)Nc1ccc(NC(=O)CC(N)C(C)C)cc1. The van der Waals surface area contributed by atoms with Crippen molar-refractivity contribution < 1.29 is 9.59 Å². The maximum atomic E-state index is 11.7. The smallest absolute Gasteiger partial charge is 0.225 e. The van der Waals surface area contributed by atoms with Crippen molar-refractivity contribution in [1.82, 2.24) is 0 Å². The molecule has 0 saturated carbocycles. The third-order valence-electron chi connectivity index (χ3n) is 2.77. The van der Waals surface area contributed by atoms with Crippen LogP contribution in [0.2, 0.25) is 0 Å². The first-order chi connectivity index (χ1) is 8.88. The number of amides is 2. The number of rotatable bonds is 5. The van der Waals surface area contributed by atoms with E-state index < -0.39 is 0 Å². The van der Waals surface area contributed by atoms with E-state index in [9.17, 15) is 9.59 Å². The van der Waals surface area contributed by atoms with E-state index in [4.69, 9.17) is 5.73 Å². The summed E-state index contributed by atoms with van der Waals surface area (Å²) in [5.74, 6) is 0.0427. The fraction of sp³-hybridized carbons (Fsp3) is 0.429. The molecule has 0 fully saturated rings. The fourth-order valence-corrected chi connectivity index (χ4v) is 1.50. The summed E-state index contributed by atoms with van der Waals surface area (Å²) in [6.07, 6.45) is 0.297. The van der Waals surface area contributed by atoms with Crippen molar-refractivity contribution in [3.63, 3.8) is 0 Å². The second kappa shape index (κ2) is 6.89. The lowest BCUT2D eigenvalue weighted by Crippen LogP contribution is -2.31. The Hall–Kier alpha value is -1.88. The summed E-state index contributed by atoms with van der Waals surface area (Å²) < 4.78 is 0. The Morgan fingerprint density at radius 1 is 1.11 bits per heavy atom. The fourth-order valence-electron chi connectivity index (χ4n) is 1.50. The van der Waals surface area contributed by atoms with Crippen LogP contribution in [0.3, 0.4) is 0 Å². The highest BCUT2D eigenvalue weighted by molar-refractivity contribution is 5.92. The van der Waals surface area contributed by atoms with Crippen LogP contribution in [0.25, 0.3) is 0 Å². The maximum absolute atomic E-state index is 11.7.